The molecule has 0 unspecified atom stereocenters. The third-order valence-corrected chi connectivity index (χ3v) is 3.27. The molecule has 0 radical (unpaired) electrons. The second-order valence-electron chi connectivity index (χ2n) is 4.82. The van der Waals surface area contributed by atoms with Gasteiger partial charge in [-0.2, -0.15) is 0 Å². The largest absolute Gasteiger partial charge is 0.480 e. The molecule has 1 saturated heterocycles. The molecule has 1 N–H and O–H groups in total. The van der Waals surface area contributed by atoms with E-state index in [1.165, 1.54) is 0 Å². The Hall–Kier alpha value is -1.60. The minimum atomic E-state index is -1.46. The number of aliphatic carboxylic acids is 1. The molecule has 20 heavy (non-hydrogen) atoms. The normalized spacial score (nSPS) is 17.4. The average Bonchev–Trinajstić information content (AvgIpc) is 2.37. The molecule has 0 amide bonds. The summed E-state index contributed by atoms with van der Waals surface area (Å²) in [5, 5.41) is 8.68. The fourth-order valence-electron chi connectivity index (χ4n) is 2.25. The van der Waals surface area contributed by atoms with Gasteiger partial charge in [0.25, 0.3) is 0 Å². The second-order valence-corrected chi connectivity index (χ2v) is 4.82. The van der Waals surface area contributed by atoms with Gasteiger partial charge < -0.3 is 5.11 Å². The molecule has 0 aromatic heterocycles. The lowest BCUT2D eigenvalue weighted by atomic mass is 10.1. The number of hydrogen-bond acceptors (Lipinski definition) is 3. The average molecular weight is 288 g/mol. The van der Waals surface area contributed by atoms with Gasteiger partial charge >= 0.3 is 5.97 Å². The van der Waals surface area contributed by atoms with E-state index in [-0.39, 0.29) is 6.54 Å². The van der Waals surface area contributed by atoms with E-state index in [0.29, 0.717) is 38.3 Å². The van der Waals surface area contributed by atoms with E-state index in [4.69, 9.17) is 5.11 Å². The quantitative estimate of drug-likeness (QED) is 0.848. The smallest absolute Gasteiger partial charge is 0.317 e. The van der Waals surface area contributed by atoms with Gasteiger partial charge in [-0.15, -0.1) is 0 Å². The van der Waals surface area contributed by atoms with Crippen LogP contribution in [-0.4, -0.2) is 53.6 Å². The molecule has 110 valence electrons. The Bertz CT molecular complexity index is 479. The fraction of sp³-hybridized carbons (Fsp3) is 0.462. The van der Waals surface area contributed by atoms with Crippen molar-refractivity contribution in [1.82, 2.24) is 9.80 Å². The highest BCUT2D eigenvalue weighted by Crippen LogP contribution is 2.16. The van der Waals surface area contributed by atoms with Gasteiger partial charge in [-0.25, -0.2) is 13.2 Å². The molecule has 1 aliphatic heterocycles. The van der Waals surface area contributed by atoms with Crippen LogP contribution >= 0.6 is 0 Å². The molecule has 0 atom stereocenters. The minimum absolute atomic E-state index is 0.00631. The SMILES string of the molecule is O=C(O)CN1CCN(Cc2cc(F)c(F)c(F)c2)CC1. The number of rotatable bonds is 4. The number of halogens is 3. The summed E-state index contributed by atoms with van der Waals surface area (Å²) in [5.41, 5.74) is 0.369. The topological polar surface area (TPSA) is 43.8 Å². The van der Waals surface area contributed by atoms with Crippen molar-refractivity contribution in [2.45, 2.75) is 6.54 Å². The maximum atomic E-state index is 13.1. The van der Waals surface area contributed by atoms with Crippen LogP contribution in [0.5, 0.6) is 0 Å². The summed E-state index contributed by atoms with van der Waals surface area (Å²) in [6.45, 7) is 2.68. The lowest BCUT2D eigenvalue weighted by molar-refractivity contribution is -0.138. The van der Waals surface area contributed by atoms with Gasteiger partial charge in [-0.1, -0.05) is 0 Å². The van der Waals surface area contributed by atoms with Crippen molar-refractivity contribution in [3.63, 3.8) is 0 Å². The Morgan fingerprint density at radius 2 is 1.55 bits per heavy atom. The van der Waals surface area contributed by atoms with E-state index in [9.17, 15) is 18.0 Å². The molecule has 0 aliphatic carbocycles. The van der Waals surface area contributed by atoms with Crippen molar-refractivity contribution >= 4 is 5.97 Å². The first-order valence-corrected chi connectivity index (χ1v) is 6.25. The van der Waals surface area contributed by atoms with Crippen LogP contribution in [0.2, 0.25) is 0 Å². The van der Waals surface area contributed by atoms with Crippen molar-refractivity contribution in [2.75, 3.05) is 32.7 Å². The molecular formula is C13H15F3N2O2. The molecule has 7 heteroatoms. The molecule has 0 bridgehead atoms. The number of carboxylic acid groups (broad SMARTS) is 1. The van der Waals surface area contributed by atoms with Gasteiger partial charge in [0.15, 0.2) is 17.5 Å². The Balaban J connectivity index is 1.91. The van der Waals surface area contributed by atoms with Gasteiger partial charge in [0.2, 0.25) is 0 Å². The number of carboxylic acids is 1. The Morgan fingerprint density at radius 1 is 1.05 bits per heavy atom. The van der Waals surface area contributed by atoms with E-state index in [2.05, 4.69) is 0 Å². The first-order chi connectivity index (χ1) is 9.45. The number of hydrogen-bond donors (Lipinski definition) is 1. The van der Waals surface area contributed by atoms with Crippen LogP contribution in [-0.2, 0) is 11.3 Å². The maximum absolute atomic E-state index is 13.1. The summed E-state index contributed by atoms with van der Waals surface area (Å²) in [6.07, 6.45) is 0. The zero-order valence-electron chi connectivity index (χ0n) is 10.8. The fourth-order valence-corrected chi connectivity index (χ4v) is 2.25. The third kappa shape index (κ3) is 3.71. The van der Waals surface area contributed by atoms with E-state index < -0.39 is 23.4 Å². The van der Waals surface area contributed by atoms with Crippen LogP contribution < -0.4 is 0 Å². The predicted molar refractivity (Wildman–Crippen MR) is 65.7 cm³/mol. The van der Waals surface area contributed by atoms with Crippen LogP contribution in [0.25, 0.3) is 0 Å². The zero-order chi connectivity index (χ0) is 14.7. The van der Waals surface area contributed by atoms with Gasteiger partial charge in [0.05, 0.1) is 6.54 Å². The van der Waals surface area contributed by atoms with Crippen molar-refractivity contribution in [2.24, 2.45) is 0 Å². The third-order valence-electron chi connectivity index (χ3n) is 3.27. The molecule has 0 saturated carbocycles. The highest BCUT2D eigenvalue weighted by Gasteiger charge is 2.19. The van der Waals surface area contributed by atoms with Crippen molar-refractivity contribution in [1.29, 1.82) is 0 Å². The first kappa shape index (κ1) is 14.8. The standard InChI is InChI=1S/C13H15F3N2O2/c14-10-5-9(6-11(15)13(10)16)7-17-1-3-18(4-2-17)8-12(19)20/h5-6H,1-4,7-8H2,(H,19,20). The van der Waals surface area contributed by atoms with E-state index in [0.717, 1.165) is 12.1 Å². The molecular weight excluding hydrogens is 273 g/mol. The summed E-state index contributed by atoms with van der Waals surface area (Å²) in [4.78, 5) is 14.3. The lowest BCUT2D eigenvalue weighted by Crippen LogP contribution is -2.47. The molecule has 2 rings (SSSR count). The molecule has 1 aliphatic rings. The number of piperazine rings is 1. The molecule has 4 nitrogen and oxygen atoms in total. The van der Waals surface area contributed by atoms with E-state index in [1.807, 2.05) is 4.90 Å². The van der Waals surface area contributed by atoms with Gasteiger partial charge in [0, 0.05) is 32.7 Å². The number of nitrogens with zero attached hydrogens (tertiary/aromatic N) is 2. The van der Waals surface area contributed by atoms with Gasteiger partial charge in [-0.3, -0.25) is 14.6 Å². The minimum Gasteiger partial charge on any atom is -0.480 e. The van der Waals surface area contributed by atoms with Crippen LogP contribution in [0.4, 0.5) is 13.2 Å². The number of benzene rings is 1. The Labute approximate surface area is 114 Å². The summed E-state index contributed by atoms with van der Waals surface area (Å²) in [6, 6.07) is 1.98. The molecule has 1 fully saturated rings. The van der Waals surface area contributed by atoms with Crippen LogP contribution in [0.15, 0.2) is 12.1 Å². The predicted octanol–water partition coefficient (Wildman–Crippen LogP) is 1.31. The van der Waals surface area contributed by atoms with Crippen molar-refractivity contribution in [3.05, 3.63) is 35.1 Å². The van der Waals surface area contributed by atoms with Crippen LogP contribution in [0, 0.1) is 17.5 Å². The van der Waals surface area contributed by atoms with E-state index in [1.54, 1.807) is 4.90 Å². The first-order valence-electron chi connectivity index (χ1n) is 6.25. The second kappa shape index (κ2) is 6.23. The van der Waals surface area contributed by atoms with Crippen molar-refractivity contribution < 1.29 is 23.1 Å². The Morgan fingerprint density at radius 3 is 2.05 bits per heavy atom. The summed E-state index contributed by atoms with van der Waals surface area (Å²) < 4.78 is 39.0. The van der Waals surface area contributed by atoms with Crippen LogP contribution in [0.3, 0.4) is 0 Å². The monoisotopic (exact) mass is 288 g/mol. The molecule has 0 spiro atoms. The summed E-state index contributed by atoms with van der Waals surface area (Å²) in [7, 11) is 0. The maximum Gasteiger partial charge on any atom is 0.317 e. The molecule has 1 heterocycles. The Kier molecular flexibility index (Phi) is 4.61. The van der Waals surface area contributed by atoms with Gasteiger partial charge in [0.1, 0.15) is 0 Å². The highest BCUT2D eigenvalue weighted by molar-refractivity contribution is 5.69. The van der Waals surface area contributed by atoms with Crippen molar-refractivity contribution in [3.8, 4) is 0 Å². The molecule has 1 aromatic rings. The van der Waals surface area contributed by atoms with E-state index >= 15 is 0 Å². The summed E-state index contributed by atoms with van der Waals surface area (Å²) >= 11 is 0. The van der Waals surface area contributed by atoms with Gasteiger partial charge in [-0.05, 0) is 17.7 Å². The lowest BCUT2D eigenvalue weighted by Gasteiger charge is -2.33. The van der Waals surface area contributed by atoms with Crippen LogP contribution in [0.1, 0.15) is 5.56 Å². The molecule has 1 aromatic carbocycles. The number of carbonyl (C=O) groups is 1. The summed E-state index contributed by atoms with van der Waals surface area (Å²) in [5.74, 6) is -4.71. The zero-order valence-corrected chi connectivity index (χ0v) is 10.8. The highest BCUT2D eigenvalue weighted by atomic mass is 19.2.